The molecule has 8 nitrogen and oxygen atoms in total. The van der Waals surface area contributed by atoms with E-state index in [1.54, 1.807) is 69.3 Å². The molecule has 3 N–H and O–H groups in total. The summed E-state index contributed by atoms with van der Waals surface area (Å²) in [6, 6.07) is 16.5. The summed E-state index contributed by atoms with van der Waals surface area (Å²) in [6.07, 6.45) is 0. The van der Waals surface area contributed by atoms with Crippen LogP contribution < -0.4 is 15.4 Å². The van der Waals surface area contributed by atoms with Crippen LogP contribution in [-0.2, 0) is 14.3 Å². The number of aryl methyl sites for hydroxylation is 2. The maximum atomic E-state index is 12.4. The van der Waals surface area contributed by atoms with Gasteiger partial charge in [0.2, 0.25) is 0 Å². The van der Waals surface area contributed by atoms with Crippen molar-refractivity contribution in [3.8, 4) is 17.2 Å². The highest BCUT2D eigenvalue weighted by Crippen LogP contribution is 2.35. The zero-order valence-corrected chi connectivity index (χ0v) is 18.5. The third kappa shape index (κ3) is 5.88. The molecule has 0 spiro atoms. The van der Waals surface area contributed by atoms with Crippen LogP contribution in [0.4, 0.5) is 11.4 Å². The van der Waals surface area contributed by atoms with Gasteiger partial charge in [-0.05, 0) is 68.3 Å². The van der Waals surface area contributed by atoms with Gasteiger partial charge in [-0.3, -0.25) is 9.59 Å². The molecular weight excluding hydrogens is 424 g/mol. The molecule has 0 unspecified atom stereocenters. The molecule has 0 aliphatic heterocycles. The van der Waals surface area contributed by atoms with E-state index in [1.807, 2.05) is 0 Å². The number of aromatic hydroxyl groups is 1. The molecule has 0 bridgehead atoms. The second-order valence-electron chi connectivity index (χ2n) is 7.21. The zero-order chi connectivity index (χ0) is 24.0. The molecule has 0 atom stereocenters. The van der Waals surface area contributed by atoms with Gasteiger partial charge in [0, 0.05) is 17.3 Å². The molecule has 0 aliphatic rings. The van der Waals surface area contributed by atoms with Gasteiger partial charge in [0.15, 0.2) is 0 Å². The van der Waals surface area contributed by atoms with E-state index in [0.29, 0.717) is 33.9 Å². The molecule has 170 valence electrons. The van der Waals surface area contributed by atoms with Gasteiger partial charge in [-0.15, -0.1) is 0 Å². The van der Waals surface area contributed by atoms with Crippen LogP contribution in [-0.4, -0.2) is 29.5 Å². The predicted molar refractivity (Wildman–Crippen MR) is 124 cm³/mol. The highest BCUT2D eigenvalue weighted by atomic mass is 16.5. The van der Waals surface area contributed by atoms with E-state index in [2.05, 4.69) is 15.4 Å². The fourth-order valence-corrected chi connectivity index (χ4v) is 3.14. The molecule has 0 fully saturated rings. The summed E-state index contributed by atoms with van der Waals surface area (Å²) in [5, 5.41) is 15.3. The van der Waals surface area contributed by atoms with Crippen LogP contribution in [0.5, 0.6) is 17.2 Å². The van der Waals surface area contributed by atoms with Gasteiger partial charge < -0.3 is 25.2 Å². The van der Waals surface area contributed by atoms with Crippen LogP contribution in [0, 0.1) is 13.8 Å². The van der Waals surface area contributed by atoms with Gasteiger partial charge >= 0.3 is 11.9 Å². The quantitative estimate of drug-likeness (QED) is 0.289. The number of esters is 1. The van der Waals surface area contributed by atoms with E-state index in [0.717, 1.165) is 0 Å². The van der Waals surface area contributed by atoms with E-state index >= 15 is 0 Å². The van der Waals surface area contributed by atoms with Crippen LogP contribution >= 0.6 is 0 Å². The molecule has 0 heterocycles. The molecule has 8 heteroatoms. The number of rotatable bonds is 6. The Hall–Kier alpha value is -4.33. The molecule has 2 amide bonds. The average molecular weight is 448 g/mol. The lowest BCUT2D eigenvalue weighted by molar-refractivity contribution is -0.152. The maximum absolute atomic E-state index is 12.4. The minimum atomic E-state index is -0.956. The standard InChI is InChI=1S/C25H24N2O6/c1-4-32-25(31)24(30)26-18-12-15(2)22(16(3)13-18)33-19-10-11-21(28)20(14-19)27-23(29)17-8-6-5-7-9-17/h5-14,28H,4H2,1-3H3,(H,26,30)(H,27,29). The third-order valence-electron chi connectivity index (χ3n) is 4.65. The smallest absolute Gasteiger partial charge is 0.397 e. The number of benzene rings is 3. The van der Waals surface area contributed by atoms with Crippen LogP contribution in [0.25, 0.3) is 0 Å². The van der Waals surface area contributed by atoms with Crippen LogP contribution in [0.1, 0.15) is 28.4 Å². The molecule has 0 radical (unpaired) electrons. The Labute approximate surface area is 191 Å². The fraction of sp³-hybridized carbons (Fsp3) is 0.160. The molecule has 3 aromatic carbocycles. The number of ether oxygens (including phenoxy) is 2. The first-order chi connectivity index (χ1) is 15.8. The zero-order valence-electron chi connectivity index (χ0n) is 18.5. The summed E-state index contributed by atoms with van der Waals surface area (Å²) in [6.45, 7) is 5.31. The van der Waals surface area contributed by atoms with Crippen LogP contribution in [0.15, 0.2) is 60.7 Å². The number of carbonyl (C=O) groups excluding carboxylic acids is 3. The number of hydrogen-bond acceptors (Lipinski definition) is 6. The highest BCUT2D eigenvalue weighted by molar-refractivity contribution is 6.37. The second kappa shape index (κ2) is 10.3. The minimum Gasteiger partial charge on any atom is -0.506 e. The summed E-state index contributed by atoms with van der Waals surface area (Å²) in [7, 11) is 0. The van der Waals surface area contributed by atoms with Crippen molar-refractivity contribution in [3.63, 3.8) is 0 Å². The Morgan fingerprint density at radius 1 is 0.909 bits per heavy atom. The van der Waals surface area contributed by atoms with Crippen LogP contribution in [0.3, 0.4) is 0 Å². The van der Waals surface area contributed by atoms with Crippen molar-refractivity contribution in [2.75, 3.05) is 17.2 Å². The lowest BCUT2D eigenvalue weighted by atomic mass is 10.1. The number of anilines is 2. The summed E-state index contributed by atoms with van der Waals surface area (Å²) < 4.78 is 10.7. The number of amides is 2. The van der Waals surface area contributed by atoms with Crippen molar-refractivity contribution in [1.82, 2.24) is 0 Å². The van der Waals surface area contributed by atoms with Gasteiger partial charge in [0.1, 0.15) is 17.2 Å². The van der Waals surface area contributed by atoms with E-state index in [-0.39, 0.29) is 24.0 Å². The fourth-order valence-electron chi connectivity index (χ4n) is 3.14. The monoisotopic (exact) mass is 448 g/mol. The molecule has 0 saturated carbocycles. The van der Waals surface area contributed by atoms with Crippen molar-refractivity contribution in [2.45, 2.75) is 20.8 Å². The normalized spacial score (nSPS) is 10.3. The van der Waals surface area contributed by atoms with E-state index in [4.69, 9.17) is 4.74 Å². The third-order valence-corrected chi connectivity index (χ3v) is 4.65. The molecule has 0 aliphatic carbocycles. The summed E-state index contributed by atoms with van der Waals surface area (Å²) >= 11 is 0. The number of phenolic OH excluding ortho intramolecular Hbond substituents is 1. The first-order valence-corrected chi connectivity index (χ1v) is 10.2. The number of carbonyl (C=O) groups is 3. The molecule has 3 aromatic rings. The summed E-state index contributed by atoms with van der Waals surface area (Å²) in [5.74, 6) is -1.35. The Morgan fingerprint density at radius 2 is 1.58 bits per heavy atom. The van der Waals surface area contributed by atoms with Crippen molar-refractivity contribution in [2.24, 2.45) is 0 Å². The van der Waals surface area contributed by atoms with Gasteiger partial charge in [-0.1, -0.05) is 18.2 Å². The highest BCUT2D eigenvalue weighted by Gasteiger charge is 2.17. The van der Waals surface area contributed by atoms with Gasteiger partial charge in [0.25, 0.3) is 5.91 Å². The second-order valence-corrected chi connectivity index (χ2v) is 7.21. The summed E-state index contributed by atoms with van der Waals surface area (Å²) in [4.78, 5) is 35.9. The van der Waals surface area contributed by atoms with E-state index in [9.17, 15) is 19.5 Å². The number of nitrogens with one attached hydrogen (secondary N) is 2. The Morgan fingerprint density at radius 3 is 2.21 bits per heavy atom. The van der Waals surface area contributed by atoms with Crippen LogP contribution in [0.2, 0.25) is 0 Å². The molecule has 0 aromatic heterocycles. The van der Waals surface area contributed by atoms with Crippen molar-refractivity contribution in [3.05, 3.63) is 77.4 Å². The maximum Gasteiger partial charge on any atom is 0.397 e. The SMILES string of the molecule is CCOC(=O)C(=O)Nc1cc(C)c(Oc2ccc(O)c(NC(=O)c3ccccc3)c2)c(C)c1. The van der Waals surface area contributed by atoms with E-state index in [1.165, 1.54) is 12.1 Å². The molecule has 3 rings (SSSR count). The predicted octanol–water partition coefficient (Wildman–Crippen LogP) is 4.56. The molecule has 33 heavy (non-hydrogen) atoms. The van der Waals surface area contributed by atoms with Crippen molar-refractivity contribution < 1.29 is 29.0 Å². The van der Waals surface area contributed by atoms with Gasteiger partial charge in [0.05, 0.1) is 12.3 Å². The lowest BCUT2D eigenvalue weighted by Gasteiger charge is -2.15. The van der Waals surface area contributed by atoms with Gasteiger partial charge in [-0.25, -0.2) is 4.79 Å². The topological polar surface area (TPSA) is 114 Å². The Bertz CT molecular complexity index is 1170. The minimum absolute atomic E-state index is 0.0999. The number of phenols is 1. The van der Waals surface area contributed by atoms with Crippen molar-refractivity contribution >= 4 is 29.2 Å². The van der Waals surface area contributed by atoms with E-state index < -0.39 is 11.9 Å². The molecule has 0 saturated heterocycles. The Balaban J connectivity index is 1.78. The largest absolute Gasteiger partial charge is 0.506 e. The first-order valence-electron chi connectivity index (χ1n) is 10.2. The Kier molecular flexibility index (Phi) is 7.30. The first kappa shape index (κ1) is 23.3. The van der Waals surface area contributed by atoms with Gasteiger partial charge in [-0.2, -0.15) is 0 Å². The lowest BCUT2D eigenvalue weighted by Crippen LogP contribution is -2.25. The average Bonchev–Trinajstić information content (AvgIpc) is 2.79. The summed E-state index contributed by atoms with van der Waals surface area (Å²) in [5.41, 5.74) is 2.50. The van der Waals surface area contributed by atoms with Crippen molar-refractivity contribution in [1.29, 1.82) is 0 Å². The molecular formula is C25H24N2O6. The number of hydrogen-bond donors (Lipinski definition) is 3.